The number of nitrogens with one attached hydrogen (secondary N) is 1. The Hall–Kier alpha value is -5.40. The molecule has 0 amide bonds. The van der Waals surface area contributed by atoms with E-state index < -0.39 is 0 Å². The summed E-state index contributed by atoms with van der Waals surface area (Å²) in [6, 6.07) is 11.4. The van der Waals surface area contributed by atoms with Gasteiger partial charge in [-0.15, -0.1) is 10.2 Å². The highest BCUT2D eigenvalue weighted by Crippen LogP contribution is 2.39. The normalized spacial score (nSPS) is 22.6. The molecule has 16 nitrogen and oxygen atoms in total. The predicted molar refractivity (Wildman–Crippen MR) is 177 cm³/mol. The minimum absolute atomic E-state index is 0.131. The van der Waals surface area contributed by atoms with Crippen molar-refractivity contribution in [2.24, 2.45) is 0 Å². The quantitative estimate of drug-likeness (QED) is 0.197. The van der Waals surface area contributed by atoms with Gasteiger partial charge in [0.15, 0.2) is 6.61 Å². The van der Waals surface area contributed by atoms with E-state index in [0.29, 0.717) is 65.1 Å². The fourth-order valence-corrected chi connectivity index (χ4v) is 7.44. The number of morpholine rings is 1. The number of tetrazole rings is 1. The summed E-state index contributed by atoms with van der Waals surface area (Å²) in [4.78, 5) is 16.2. The van der Waals surface area contributed by atoms with Crippen molar-refractivity contribution in [3.8, 4) is 29.0 Å². The first kappa shape index (κ1) is 31.8. The summed E-state index contributed by atoms with van der Waals surface area (Å²) in [7, 11) is 0. The molecule has 1 N–H and O–H groups in total. The van der Waals surface area contributed by atoms with Gasteiger partial charge in [0.2, 0.25) is 11.8 Å². The maximum absolute atomic E-state index is 9.74. The van der Waals surface area contributed by atoms with Gasteiger partial charge in [0.25, 0.3) is 5.88 Å². The monoisotopic (exact) mass is 678 g/mol. The Morgan fingerprint density at radius 2 is 1.84 bits per heavy atom. The van der Waals surface area contributed by atoms with Crippen molar-refractivity contribution in [2.45, 2.75) is 88.9 Å². The maximum Gasteiger partial charge on any atom is 0.257 e. The molecule has 3 fully saturated rings. The molecule has 4 aromatic heterocycles. The minimum atomic E-state index is -0.292. The Morgan fingerprint density at radius 3 is 2.60 bits per heavy atom. The van der Waals surface area contributed by atoms with Crippen LogP contribution in [0.25, 0.3) is 11.3 Å². The molecule has 1 aliphatic carbocycles. The smallest absolute Gasteiger partial charge is 0.257 e. The van der Waals surface area contributed by atoms with Crippen LogP contribution in [0.15, 0.2) is 59.9 Å². The first-order valence-corrected chi connectivity index (χ1v) is 17.1. The zero-order valence-corrected chi connectivity index (χ0v) is 27.7. The number of fused-ring (bicyclic) bond motifs is 2. The maximum atomic E-state index is 9.74. The number of oxazole rings is 1. The lowest BCUT2D eigenvalue weighted by Gasteiger charge is -2.43. The lowest BCUT2D eigenvalue weighted by molar-refractivity contribution is -0.0458. The van der Waals surface area contributed by atoms with Crippen molar-refractivity contribution in [3.63, 3.8) is 0 Å². The Labute approximate surface area is 288 Å². The minimum Gasteiger partial charge on any atom is -0.487 e. The molecule has 8 rings (SSSR count). The number of rotatable bonds is 12. The summed E-state index contributed by atoms with van der Waals surface area (Å²) in [6.07, 6.45) is 14.8. The first-order chi connectivity index (χ1) is 24.6. The van der Waals surface area contributed by atoms with Gasteiger partial charge in [-0.1, -0.05) is 6.07 Å². The van der Waals surface area contributed by atoms with Crippen LogP contribution in [0, 0.1) is 11.3 Å². The van der Waals surface area contributed by atoms with E-state index in [0.717, 1.165) is 44.5 Å². The number of nitrogens with zero attached hydrogens (tertiary/aromatic N) is 11. The summed E-state index contributed by atoms with van der Waals surface area (Å²) in [5, 5.41) is 29.2. The van der Waals surface area contributed by atoms with E-state index in [1.807, 2.05) is 36.0 Å². The fourth-order valence-electron chi connectivity index (χ4n) is 7.44. The molecule has 1 saturated carbocycles. The second-order valence-corrected chi connectivity index (χ2v) is 13.0. The van der Waals surface area contributed by atoms with Crippen LogP contribution in [0.5, 0.6) is 11.6 Å². The number of anilines is 2. The molecule has 50 heavy (non-hydrogen) atoms. The van der Waals surface area contributed by atoms with Crippen molar-refractivity contribution in [1.29, 1.82) is 5.26 Å². The molecular weight excluding hydrogens is 640 g/mol. The fraction of sp³-hybridized carbons (Fsp3) is 0.471. The highest BCUT2D eigenvalue weighted by atomic mass is 16.5. The molecule has 1 aromatic carbocycles. The summed E-state index contributed by atoms with van der Waals surface area (Å²) < 4.78 is 27.1. The van der Waals surface area contributed by atoms with Gasteiger partial charge in [0.1, 0.15) is 36.2 Å². The second-order valence-electron chi connectivity index (χ2n) is 13.0. The highest BCUT2D eigenvalue weighted by molar-refractivity contribution is 5.66. The van der Waals surface area contributed by atoms with Crippen molar-refractivity contribution < 1.29 is 18.6 Å². The van der Waals surface area contributed by atoms with Gasteiger partial charge in [-0.3, -0.25) is 9.58 Å². The van der Waals surface area contributed by atoms with Gasteiger partial charge in [0, 0.05) is 29.9 Å². The van der Waals surface area contributed by atoms with Crippen molar-refractivity contribution >= 4 is 11.6 Å². The molecule has 2 aliphatic heterocycles. The third-order valence-electron chi connectivity index (χ3n) is 9.74. The molecule has 258 valence electrons. The number of hydrogen-bond donors (Lipinski definition) is 1. The standard InChI is InChI=1S/C34H38N12O4/c1-22(16-44-21-38-42-43-44)50-31-14-23(2-3-24(31)15-35)29-10-11-37-34(39-29)40-30-17-45(41-33(30)49-20-32-36-12-13-48-32)25-4-6-26(7-5-25)46-27-8-9-28(46)19-47-18-27/h2-3,10-14,17,21-22,25-28H,4-9,16,18-20H2,1H3,(H,37,39,40)/t22-,25?,26?,27-,28+/m0/s1. The molecule has 2 saturated heterocycles. The van der Waals surface area contributed by atoms with E-state index in [9.17, 15) is 5.26 Å². The SMILES string of the molecule is C[C@@H](Cn1cnnn1)Oc1cc(-c2ccnc(Nc3cn(C4CCC(N5[C@@H]6CC[C@H]5COC6)CC4)nc3OCc3ncco3)n2)ccc1C#N. The lowest BCUT2D eigenvalue weighted by Crippen LogP contribution is -2.52. The number of ether oxygens (including phenoxy) is 3. The Bertz CT molecular complexity index is 1900. The molecule has 5 aromatic rings. The summed E-state index contributed by atoms with van der Waals surface area (Å²) in [5.41, 5.74) is 2.47. The van der Waals surface area contributed by atoms with Crippen LogP contribution >= 0.6 is 0 Å². The van der Waals surface area contributed by atoms with Crippen molar-refractivity contribution in [3.05, 3.63) is 66.9 Å². The number of benzene rings is 1. The van der Waals surface area contributed by atoms with E-state index in [4.69, 9.17) is 28.7 Å². The molecule has 0 radical (unpaired) electrons. The second kappa shape index (κ2) is 14.2. The van der Waals surface area contributed by atoms with Crippen LogP contribution in [0.1, 0.15) is 62.9 Å². The van der Waals surface area contributed by atoms with E-state index in [1.165, 1.54) is 25.4 Å². The Kier molecular flexibility index (Phi) is 9.05. The first-order valence-electron chi connectivity index (χ1n) is 17.1. The van der Waals surface area contributed by atoms with Crippen molar-refractivity contribution in [1.82, 2.24) is 49.8 Å². The van der Waals surface area contributed by atoms with E-state index >= 15 is 0 Å². The molecule has 0 unspecified atom stereocenters. The number of hydrogen-bond acceptors (Lipinski definition) is 14. The Balaban J connectivity index is 0.993. The van der Waals surface area contributed by atoms with Gasteiger partial charge in [-0.05, 0) is 74.1 Å². The molecule has 16 heteroatoms. The van der Waals surface area contributed by atoms with Crippen LogP contribution in [-0.2, 0) is 17.9 Å². The number of aromatic nitrogens is 9. The lowest BCUT2D eigenvalue weighted by atomic mass is 9.89. The topological polar surface area (TPSA) is 180 Å². The van der Waals surface area contributed by atoms with Gasteiger partial charge in [0.05, 0.1) is 49.5 Å². The molecule has 2 bridgehead atoms. The van der Waals surface area contributed by atoms with E-state index in [2.05, 4.69) is 41.8 Å². The van der Waals surface area contributed by atoms with E-state index in [1.54, 1.807) is 23.1 Å². The van der Waals surface area contributed by atoms with Crippen LogP contribution in [0.4, 0.5) is 11.6 Å². The largest absolute Gasteiger partial charge is 0.487 e. The Morgan fingerprint density at radius 1 is 1.02 bits per heavy atom. The third kappa shape index (κ3) is 6.87. The highest BCUT2D eigenvalue weighted by Gasteiger charge is 2.42. The van der Waals surface area contributed by atoms with Gasteiger partial charge < -0.3 is 23.9 Å². The number of nitriles is 1. The third-order valence-corrected chi connectivity index (χ3v) is 9.74. The average molecular weight is 679 g/mol. The summed E-state index contributed by atoms with van der Waals surface area (Å²) in [6.45, 7) is 4.17. The molecular formula is C34H38N12O4. The predicted octanol–water partition coefficient (Wildman–Crippen LogP) is 4.32. The molecule has 6 heterocycles. The summed E-state index contributed by atoms with van der Waals surface area (Å²) in [5.74, 6) is 1.68. The molecule has 3 aliphatic rings. The van der Waals surface area contributed by atoms with Gasteiger partial charge in [-0.2, -0.15) is 5.26 Å². The van der Waals surface area contributed by atoms with Crippen LogP contribution in [-0.4, -0.2) is 87.3 Å². The zero-order chi connectivity index (χ0) is 33.9. The molecule has 3 atom stereocenters. The van der Waals surface area contributed by atoms with Crippen molar-refractivity contribution in [2.75, 3.05) is 18.5 Å². The van der Waals surface area contributed by atoms with Gasteiger partial charge in [-0.25, -0.2) is 19.6 Å². The zero-order valence-electron chi connectivity index (χ0n) is 27.7. The average Bonchev–Trinajstić information content (AvgIpc) is 3.96. The summed E-state index contributed by atoms with van der Waals surface area (Å²) >= 11 is 0. The van der Waals surface area contributed by atoms with Crippen LogP contribution in [0.3, 0.4) is 0 Å². The van der Waals surface area contributed by atoms with Gasteiger partial charge >= 0.3 is 0 Å². The molecule has 0 spiro atoms. The van der Waals surface area contributed by atoms with E-state index in [-0.39, 0.29) is 18.8 Å². The van der Waals surface area contributed by atoms with Crippen LogP contribution < -0.4 is 14.8 Å². The van der Waals surface area contributed by atoms with Crippen LogP contribution in [0.2, 0.25) is 0 Å².